The highest BCUT2D eigenvalue weighted by Crippen LogP contribution is 2.16. The molecule has 0 unspecified atom stereocenters. The lowest BCUT2D eigenvalue weighted by molar-refractivity contribution is -0.122. The highest BCUT2D eigenvalue weighted by molar-refractivity contribution is 5.76. The number of nitrogens with zero attached hydrogens (tertiary/aromatic N) is 4. The lowest BCUT2D eigenvalue weighted by atomic mass is 10.2. The molecule has 0 aliphatic carbocycles. The molecule has 1 aromatic heterocycles. The molecule has 140 valence electrons. The van der Waals surface area contributed by atoms with Crippen LogP contribution in [0, 0.1) is 5.82 Å². The van der Waals surface area contributed by atoms with E-state index in [1.807, 2.05) is 6.92 Å². The fraction of sp³-hybridized carbons (Fsp3) is 0.474. The van der Waals surface area contributed by atoms with Crippen molar-refractivity contribution in [3.05, 3.63) is 48.0 Å². The molecular formula is C19H26FN5O. The number of rotatable bonds is 6. The highest BCUT2D eigenvalue weighted by Gasteiger charge is 2.16. The smallest absolute Gasteiger partial charge is 0.221 e. The molecule has 6 nitrogen and oxygen atoms in total. The number of amides is 1. The first kappa shape index (κ1) is 18.5. The monoisotopic (exact) mass is 359 g/mol. The maximum absolute atomic E-state index is 13.9. The SMILES string of the molecule is C[C@H](NC(=O)CCN1CCN(C)CC1)c1cnn(-c2ccccc2F)c1. The average molecular weight is 359 g/mol. The first-order valence-corrected chi connectivity index (χ1v) is 9.02. The highest BCUT2D eigenvalue weighted by atomic mass is 19.1. The van der Waals surface area contributed by atoms with E-state index in [-0.39, 0.29) is 17.8 Å². The molecule has 0 radical (unpaired) electrons. The van der Waals surface area contributed by atoms with Gasteiger partial charge in [0.15, 0.2) is 0 Å². The van der Waals surface area contributed by atoms with Gasteiger partial charge in [-0.1, -0.05) is 12.1 Å². The first-order chi connectivity index (χ1) is 12.5. The Hall–Kier alpha value is -2.25. The normalized spacial score (nSPS) is 17.2. The molecule has 2 heterocycles. The molecule has 3 rings (SSSR count). The Kier molecular flexibility index (Phi) is 6.00. The van der Waals surface area contributed by atoms with Crippen molar-refractivity contribution in [1.29, 1.82) is 0 Å². The number of nitrogens with one attached hydrogen (secondary N) is 1. The summed E-state index contributed by atoms with van der Waals surface area (Å²) in [7, 11) is 2.12. The molecule has 1 atom stereocenters. The molecule has 1 fully saturated rings. The summed E-state index contributed by atoms with van der Waals surface area (Å²) in [5.74, 6) is -0.305. The number of benzene rings is 1. The van der Waals surface area contributed by atoms with Crippen molar-refractivity contribution < 1.29 is 9.18 Å². The summed E-state index contributed by atoms with van der Waals surface area (Å²) in [6.45, 7) is 6.81. The van der Waals surface area contributed by atoms with Crippen LogP contribution in [-0.4, -0.2) is 65.3 Å². The van der Waals surface area contributed by atoms with E-state index in [9.17, 15) is 9.18 Å². The van der Waals surface area contributed by atoms with Crippen molar-refractivity contribution in [2.45, 2.75) is 19.4 Å². The number of hydrogen-bond donors (Lipinski definition) is 1. The van der Waals surface area contributed by atoms with Crippen LogP contribution in [0.25, 0.3) is 5.69 Å². The van der Waals surface area contributed by atoms with Gasteiger partial charge in [-0.05, 0) is 26.1 Å². The van der Waals surface area contributed by atoms with Crippen LogP contribution in [0.15, 0.2) is 36.7 Å². The van der Waals surface area contributed by atoms with Crippen molar-refractivity contribution in [3.8, 4) is 5.69 Å². The lowest BCUT2D eigenvalue weighted by Crippen LogP contribution is -2.45. The van der Waals surface area contributed by atoms with Gasteiger partial charge in [-0.25, -0.2) is 9.07 Å². The molecule has 0 spiro atoms. The van der Waals surface area contributed by atoms with Gasteiger partial charge in [0.1, 0.15) is 11.5 Å². The van der Waals surface area contributed by atoms with Gasteiger partial charge in [-0.15, -0.1) is 0 Å². The minimum Gasteiger partial charge on any atom is -0.349 e. The van der Waals surface area contributed by atoms with Gasteiger partial charge in [0.2, 0.25) is 5.91 Å². The zero-order valence-corrected chi connectivity index (χ0v) is 15.4. The van der Waals surface area contributed by atoms with E-state index in [1.54, 1.807) is 30.6 Å². The molecule has 1 saturated heterocycles. The van der Waals surface area contributed by atoms with Crippen LogP contribution in [0.2, 0.25) is 0 Å². The third kappa shape index (κ3) is 4.68. The summed E-state index contributed by atoms with van der Waals surface area (Å²) in [5, 5.41) is 7.22. The predicted molar refractivity (Wildman–Crippen MR) is 98.6 cm³/mol. The summed E-state index contributed by atoms with van der Waals surface area (Å²) in [5.41, 5.74) is 1.24. The van der Waals surface area contributed by atoms with Gasteiger partial charge in [0.25, 0.3) is 0 Å². The van der Waals surface area contributed by atoms with Gasteiger partial charge in [0, 0.05) is 50.9 Å². The van der Waals surface area contributed by atoms with Gasteiger partial charge in [0.05, 0.1) is 12.2 Å². The van der Waals surface area contributed by atoms with E-state index in [1.165, 1.54) is 10.7 Å². The molecule has 0 bridgehead atoms. The van der Waals surface area contributed by atoms with Crippen LogP contribution in [0.4, 0.5) is 4.39 Å². The number of aromatic nitrogens is 2. The second-order valence-corrected chi connectivity index (χ2v) is 6.85. The minimum atomic E-state index is -0.328. The zero-order chi connectivity index (χ0) is 18.5. The van der Waals surface area contributed by atoms with Gasteiger partial charge >= 0.3 is 0 Å². The molecule has 0 saturated carbocycles. The maximum Gasteiger partial charge on any atom is 0.221 e. The van der Waals surface area contributed by atoms with E-state index in [4.69, 9.17) is 0 Å². The summed E-state index contributed by atoms with van der Waals surface area (Å²) in [6, 6.07) is 6.32. The largest absolute Gasteiger partial charge is 0.349 e. The second kappa shape index (κ2) is 8.42. The number of para-hydroxylation sites is 1. The molecule has 26 heavy (non-hydrogen) atoms. The van der Waals surface area contributed by atoms with Gasteiger partial charge in [-0.2, -0.15) is 5.10 Å². The average Bonchev–Trinajstić information content (AvgIpc) is 3.12. The molecule has 1 aliphatic heterocycles. The molecule has 1 N–H and O–H groups in total. The van der Waals surface area contributed by atoms with Crippen molar-refractivity contribution in [1.82, 2.24) is 24.9 Å². The van der Waals surface area contributed by atoms with Crippen LogP contribution in [0.3, 0.4) is 0 Å². The Morgan fingerprint density at radius 3 is 2.73 bits per heavy atom. The standard InChI is InChI=1S/C19H26FN5O/c1-15(22-19(26)7-8-24-11-9-23(2)10-12-24)16-13-21-25(14-16)18-6-4-3-5-17(18)20/h3-6,13-15H,7-12H2,1-2H3,(H,22,26)/t15-/m0/s1. The van der Waals surface area contributed by atoms with Gasteiger partial charge < -0.3 is 15.1 Å². The fourth-order valence-electron chi connectivity index (χ4n) is 3.06. The zero-order valence-electron chi connectivity index (χ0n) is 15.4. The summed E-state index contributed by atoms with van der Waals surface area (Å²) >= 11 is 0. The van der Waals surface area contributed by atoms with Crippen molar-refractivity contribution in [2.75, 3.05) is 39.8 Å². The summed E-state index contributed by atoms with van der Waals surface area (Å²) in [4.78, 5) is 16.8. The molecular weight excluding hydrogens is 333 g/mol. The second-order valence-electron chi connectivity index (χ2n) is 6.85. The maximum atomic E-state index is 13.9. The Morgan fingerprint density at radius 2 is 2.00 bits per heavy atom. The third-order valence-electron chi connectivity index (χ3n) is 4.83. The van der Waals surface area contributed by atoms with Crippen LogP contribution in [0.5, 0.6) is 0 Å². The first-order valence-electron chi connectivity index (χ1n) is 9.02. The van der Waals surface area contributed by atoms with E-state index >= 15 is 0 Å². The van der Waals surface area contributed by atoms with E-state index in [2.05, 4.69) is 27.3 Å². The van der Waals surface area contributed by atoms with Crippen LogP contribution in [-0.2, 0) is 4.79 Å². The number of piperazine rings is 1. The number of carbonyl (C=O) groups is 1. The number of halogens is 1. The Bertz CT molecular complexity index is 739. The summed E-state index contributed by atoms with van der Waals surface area (Å²) in [6.07, 6.45) is 3.90. The van der Waals surface area contributed by atoms with Gasteiger partial charge in [-0.3, -0.25) is 4.79 Å². The van der Waals surface area contributed by atoms with Crippen molar-refractivity contribution >= 4 is 5.91 Å². The van der Waals surface area contributed by atoms with Crippen molar-refractivity contribution in [3.63, 3.8) is 0 Å². The molecule has 2 aromatic rings. The predicted octanol–water partition coefficient (Wildman–Crippen LogP) is 1.83. The molecule has 1 amide bonds. The van der Waals surface area contributed by atoms with Crippen molar-refractivity contribution in [2.24, 2.45) is 0 Å². The van der Waals surface area contributed by atoms with Crippen LogP contribution < -0.4 is 5.32 Å². The van der Waals surface area contributed by atoms with E-state index in [0.717, 1.165) is 38.3 Å². The number of carbonyl (C=O) groups excluding carboxylic acids is 1. The van der Waals surface area contributed by atoms with Crippen LogP contribution in [0.1, 0.15) is 24.9 Å². The third-order valence-corrected chi connectivity index (χ3v) is 4.83. The van der Waals surface area contributed by atoms with E-state index in [0.29, 0.717) is 12.1 Å². The Balaban J connectivity index is 1.51. The minimum absolute atomic E-state index is 0.0232. The molecule has 1 aliphatic rings. The fourth-order valence-corrected chi connectivity index (χ4v) is 3.06. The summed E-state index contributed by atoms with van der Waals surface area (Å²) < 4.78 is 15.4. The quantitative estimate of drug-likeness (QED) is 0.855. The molecule has 1 aromatic carbocycles. The Morgan fingerprint density at radius 1 is 1.27 bits per heavy atom. The number of hydrogen-bond acceptors (Lipinski definition) is 4. The topological polar surface area (TPSA) is 53.4 Å². The number of likely N-dealkylation sites (N-methyl/N-ethyl adjacent to an activating group) is 1. The van der Waals surface area contributed by atoms with Crippen LogP contribution >= 0.6 is 0 Å². The lowest BCUT2D eigenvalue weighted by Gasteiger charge is -2.32. The Labute approximate surface area is 153 Å². The molecule has 7 heteroatoms. The van der Waals surface area contributed by atoms with E-state index < -0.39 is 0 Å².